The van der Waals surface area contributed by atoms with Crippen molar-refractivity contribution in [2.24, 2.45) is 5.92 Å². The lowest BCUT2D eigenvalue weighted by Crippen LogP contribution is -2.40. The summed E-state index contributed by atoms with van der Waals surface area (Å²) in [5.74, 6) is 0.190. The number of benzene rings is 2. The van der Waals surface area contributed by atoms with E-state index < -0.39 is 11.9 Å². The summed E-state index contributed by atoms with van der Waals surface area (Å²) in [4.78, 5) is 23.8. The fourth-order valence-corrected chi connectivity index (χ4v) is 3.97. The van der Waals surface area contributed by atoms with Crippen molar-refractivity contribution in [2.45, 2.75) is 18.9 Å². The van der Waals surface area contributed by atoms with Crippen LogP contribution in [0, 0.1) is 5.92 Å². The number of fused-ring (bicyclic) bond motifs is 1. The van der Waals surface area contributed by atoms with E-state index in [9.17, 15) is 9.59 Å². The van der Waals surface area contributed by atoms with Crippen molar-refractivity contribution in [3.8, 4) is 28.6 Å². The minimum Gasteiger partial charge on any atom is -0.496 e. The molecule has 1 heterocycles. The molecule has 0 aliphatic heterocycles. The number of hydrogen-bond donors (Lipinski definition) is 1. The molecule has 8 nitrogen and oxygen atoms in total. The van der Waals surface area contributed by atoms with E-state index in [1.54, 1.807) is 30.3 Å². The Kier molecular flexibility index (Phi) is 6.76. The van der Waals surface area contributed by atoms with Crippen molar-refractivity contribution >= 4 is 28.5 Å². The second-order valence-corrected chi connectivity index (χ2v) is 7.98. The van der Waals surface area contributed by atoms with Crippen LogP contribution in [0.25, 0.3) is 22.3 Å². The van der Waals surface area contributed by atoms with Crippen LogP contribution >= 0.6 is 11.6 Å². The number of rotatable bonds is 9. The zero-order valence-electron chi connectivity index (χ0n) is 18.1. The summed E-state index contributed by atoms with van der Waals surface area (Å²) < 4.78 is 28.3. The first-order chi connectivity index (χ1) is 15.9. The third-order valence-electron chi connectivity index (χ3n) is 5.66. The highest BCUT2D eigenvalue weighted by atomic mass is 35.5. The highest BCUT2D eigenvalue weighted by molar-refractivity contribution is 6.34. The molecule has 1 aliphatic carbocycles. The molecule has 0 bridgehead atoms. The van der Waals surface area contributed by atoms with E-state index in [0.717, 1.165) is 6.42 Å². The highest BCUT2D eigenvalue weighted by Crippen LogP contribution is 2.41. The van der Waals surface area contributed by atoms with Crippen LogP contribution in [0.4, 0.5) is 0 Å². The summed E-state index contributed by atoms with van der Waals surface area (Å²) in [5.41, 5.74) is 0.526. The van der Waals surface area contributed by atoms with Gasteiger partial charge in [0.15, 0.2) is 22.5 Å². The van der Waals surface area contributed by atoms with Gasteiger partial charge in [0.25, 0.3) is 0 Å². The molecule has 4 rings (SSSR count). The topological polar surface area (TPSA) is 104 Å². The van der Waals surface area contributed by atoms with Gasteiger partial charge < -0.3 is 28.5 Å². The van der Waals surface area contributed by atoms with E-state index in [0.29, 0.717) is 39.6 Å². The Morgan fingerprint density at radius 3 is 2.55 bits per heavy atom. The molecule has 0 spiro atoms. The predicted molar refractivity (Wildman–Crippen MR) is 122 cm³/mol. The van der Waals surface area contributed by atoms with E-state index in [1.165, 1.54) is 20.3 Å². The first-order valence-electron chi connectivity index (χ1n) is 10.4. The molecular weight excluding hydrogens is 452 g/mol. The number of methoxy groups -OCH3 is 2. The number of carboxylic acid groups (broad SMARTS) is 1. The molecular formula is C24H23ClO8. The van der Waals surface area contributed by atoms with E-state index in [-0.39, 0.29) is 36.1 Å². The van der Waals surface area contributed by atoms with E-state index >= 15 is 0 Å². The average Bonchev–Trinajstić information content (AvgIpc) is 2.77. The van der Waals surface area contributed by atoms with Gasteiger partial charge in [-0.3, -0.25) is 9.59 Å². The Labute approximate surface area is 194 Å². The van der Waals surface area contributed by atoms with E-state index in [4.69, 9.17) is 40.1 Å². The van der Waals surface area contributed by atoms with Crippen LogP contribution in [0.5, 0.6) is 17.2 Å². The number of carboxylic acids is 1. The standard InChI is InChI=1S/C24H23ClO8/c1-29-19-12-21(30-2)22(32-9-8-31-18-7-6-14(18)24(27)28)10-15(19)20-11-17(26)13-4-3-5-16(25)23(13)33-20/h3-5,10-12,14,18H,6-9H2,1-2H3,(H,27,28). The molecule has 174 valence electrons. The largest absolute Gasteiger partial charge is 0.496 e. The van der Waals surface area contributed by atoms with Gasteiger partial charge in [-0.15, -0.1) is 0 Å². The number of ether oxygens (including phenoxy) is 4. The van der Waals surface area contributed by atoms with Gasteiger partial charge in [-0.25, -0.2) is 0 Å². The lowest BCUT2D eigenvalue weighted by atomic mass is 9.82. The maximum Gasteiger partial charge on any atom is 0.309 e. The molecule has 1 aliphatic rings. The minimum absolute atomic E-state index is 0.179. The van der Waals surface area contributed by atoms with Crippen molar-refractivity contribution in [3.63, 3.8) is 0 Å². The van der Waals surface area contributed by atoms with Gasteiger partial charge >= 0.3 is 5.97 Å². The van der Waals surface area contributed by atoms with Gasteiger partial charge in [0.05, 0.1) is 48.8 Å². The van der Waals surface area contributed by atoms with Crippen LogP contribution in [0.3, 0.4) is 0 Å². The Balaban J connectivity index is 1.60. The molecule has 1 fully saturated rings. The predicted octanol–water partition coefficient (Wildman–Crippen LogP) is 4.39. The van der Waals surface area contributed by atoms with Crippen molar-refractivity contribution in [3.05, 3.63) is 51.6 Å². The van der Waals surface area contributed by atoms with Gasteiger partial charge in [-0.2, -0.15) is 0 Å². The zero-order chi connectivity index (χ0) is 23.5. The number of carbonyl (C=O) groups is 1. The normalized spacial score (nSPS) is 17.4. The Morgan fingerprint density at radius 2 is 1.88 bits per heavy atom. The second-order valence-electron chi connectivity index (χ2n) is 7.57. The molecule has 0 saturated heterocycles. The summed E-state index contributed by atoms with van der Waals surface area (Å²) >= 11 is 6.24. The molecule has 33 heavy (non-hydrogen) atoms. The third-order valence-corrected chi connectivity index (χ3v) is 5.96. The summed E-state index contributed by atoms with van der Waals surface area (Å²) in [5, 5.41) is 9.82. The lowest BCUT2D eigenvalue weighted by Gasteiger charge is -2.33. The van der Waals surface area contributed by atoms with Crippen LogP contribution in [-0.2, 0) is 9.53 Å². The average molecular weight is 475 g/mol. The number of aliphatic carboxylic acids is 1. The van der Waals surface area contributed by atoms with Gasteiger partial charge in [0.2, 0.25) is 0 Å². The van der Waals surface area contributed by atoms with Crippen molar-refractivity contribution in [2.75, 3.05) is 27.4 Å². The molecule has 2 unspecified atom stereocenters. The van der Waals surface area contributed by atoms with Crippen molar-refractivity contribution < 1.29 is 33.3 Å². The summed E-state index contributed by atoms with van der Waals surface area (Å²) in [6, 6.07) is 9.64. The van der Waals surface area contributed by atoms with E-state index in [2.05, 4.69) is 0 Å². The van der Waals surface area contributed by atoms with Crippen LogP contribution in [0.2, 0.25) is 5.02 Å². The molecule has 3 aromatic rings. The van der Waals surface area contributed by atoms with Crippen LogP contribution in [-0.4, -0.2) is 44.6 Å². The molecule has 2 atom stereocenters. The quantitative estimate of drug-likeness (QED) is 0.455. The van der Waals surface area contributed by atoms with E-state index in [1.807, 2.05) is 0 Å². The first kappa shape index (κ1) is 22.9. The highest BCUT2D eigenvalue weighted by Gasteiger charge is 2.37. The maximum atomic E-state index is 12.6. The summed E-state index contributed by atoms with van der Waals surface area (Å²) in [6.07, 6.45) is 1.05. The third kappa shape index (κ3) is 4.62. The Morgan fingerprint density at radius 1 is 1.09 bits per heavy atom. The van der Waals surface area contributed by atoms with Gasteiger partial charge in [0.1, 0.15) is 18.1 Å². The molecule has 1 aromatic heterocycles. The maximum absolute atomic E-state index is 12.6. The fourth-order valence-electron chi connectivity index (χ4n) is 3.75. The Hall–Kier alpha value is -3.23. The lowest BCUT2D eigenvalue weighted by molar-refractivity contribution is -0.156. The number of halogens is 1. The molecule has 0 amide bonds. The summed E-state index contributed by atoms with van der Waals surface area (Å²) in [7, 11) is 3.00. The zero-order valence-corrected chi connectivity index (χ0v) is 18.9. The molecule has 0 radical (unpaired) electrons. The van der Waals surface area contributed by atoms with Crippen LogP contribution < -0.4 is 19.6 Å². The van der Waals surface area contributed by atoms with Gasteiger partial charge in [0, 0.05) is 12.1 Å². The van der Waals surface area contributed by atoms with Gasteiger partial charge in [-0.05, 0) is 31.0 Å². The van der Waals surface area contributed by atoms with Crippen LogP contribution in [0.15, 0.2) is 45.6 Å². The summed E-state index contributed by atoms with van der Waals surface area (Å²) in [6.45, 7) is 0.401. The molecule has 1 saturated carbocycles. The molecule has 2 aromatic carbocycles. The van der Waals surface area contributed by atoms with Crippen molar-refractivity contribution in [1.82, 2.24) is 0 Å². The number of hydrogen-bond acceptors (Lipinski definition) is 7. The monoisotopic (exact) mass is 474 g/mol. The fraction of sp³-hybridized carbons (Fsp3) is 0.333. The number of para-hydroxylation sites is 1. The van der Waals surface area contributed by atoms with Gasteiger partial charge in [-0.1, -0.05) is 17.7 Å². The van der Waals surface area contributed by atoms with Crippen LogP contribution in [0.1, 0.15) is 12.8 Å². The Bertz CT molecular complexity index is 1240. The smallest absolute Gasteiger partial charge is 0.309 e. The molecule has 1 N–H and O–H groups in total. The minimum atomic E-state index is -0.842. The molecule has 9 heteroatoms. The first-order valence-corrected chi connectivity index (χ1v) is 10.8. The van der Waals surface area contributed by atoms with Crippen molar-refractivity contribution in [1.29, 1.82) is 0 Å². The SMILES string of the molecule is COc1cc(OC)c(-c2cc(=O)c3cccc(Cl)c3o2)cc1OCCOC1CCC1C(=O)O. The second kappa shape index (κ2) is 9.72.